The van der Waals surface area contributed by atoms with Gasteiger partial charge in [0.15, 0.2) is 0 Å². The van der Waals surface area contributed by atoms with Crippen LogP contribution in [-0.4, -0.2) is 30.3 Å². The molecule has 0 radical (unpaired) electrons. The molecule has 1 aromatic rings. The molecular formula is C15H21NO3. The van der Waals surface area contributed by atoms with Gasteiger partial charge >= 0.3 is 5.97 Å². The summed E-state index contributed by atoms with van der Waals surface area (Å²) in [6.45, 7) is 2.85. The fourth-order valence-electron chi connectivity index (χ4n) is 2.35. The van der Waals surface area contributed by atoms with Gasteiger partial charge in [-0.1, -0.05) is 13.0 Å². The van der Waals surface area contributed by atoms with E-state index in [0.29, 0.717) is 6.54 Å². The van der Waals surface area contributed by atoms with E-state index in [4.69, 9.17) is 9.84 Å². The van der Waals surface area contributed by atoms with Gasteiger partial charge in [-0.15, -0.1) is 0 Å². The molecule has 2 N–H and O–H groups in total. The Kier molecular flexibility index (Phi) is 4.80. The number of carbonyl (C=O) groups is 1. The summed E-state index contributed by atoms with van der Waals surface area (Å²) < 4.78 is 5.61. The van der Waals surface area contributed by atoms with Crippen molar-refractivity contribution in [3.05, 3.63) is 29.3 Å². The van der Waals surface area contributed by atoms with Crippen LogP contribution in [0.15, 0.2) is 18.2 Å². The van der Waals surface area contributed by atoms with Crippen LogP contribution in [0, 0.1) is 0 Å². The maximum absolute atomic E-state index is 11.1. The molecule has 19 heavy (non-hydrogen) atoms. The highest BCUT2D eigenvalue weighted by Gasteiger charge is 2.17. The Morgan fingerprint density at radius 1 is 1.42 bits per heavy atom. The van der Waals surface area contributed by atoms with Crippen LogP contribution >= 0.6 is 0 Å². The largest absolute Gasteiger partial charge is 0.491 e. The van der Waals surface area contributed by atoms with E-state index < -0.39 is 12.0 Å². The van der Waals surface area contributed by atoms with Crippen molar-refractivity contribution in [1.29, 1.82) is 0 Å². The molecule has 0 fully saturated rings. The topological polar surface area (TPSA) is 58.6 Å². The number of aryl methyl sites for hydroxylation is 2. The minimum Gasteiger partial charge on any atom is -0.491 e. The SMILES string of the molecule is CCCNC(COc1ccc2c(c1)CCC2)C(=O)O. The summed E-state index contributed by atoms with van der Waals surface area (Å²) >= 11 is 0. The zero-order valence-corrected chi connectivity index (χ0v) is 11.3. The Bertz CT molecular complexity index is 445. The molecule has 0 spiro atoms. The number of nitrogens with one attached hydrogen (secondary N) is 1. The van der Waals surface area contributed by atoms with Crippen molar-refractivity contribution in [1.82, 2.24) is 5.32 Å². The average molecular weight is 263 g/mol. The smallest absolute Gasteiger partial charge is 0.324 e. The third kappa shape index (κ3) is 3.70. The van der Waals surface area contributed by atoms with Crippen LogP contribution in [-0.2, 0) is 17.6 Å². The van der Waals surface area contributed by atoms with Gasteiger partial charge in [0.25, 0.3) is 0 Å². The van der Waals surface area contributed by atoms with Crippen LogP contribution in [0.5, 0.6) is 5.75 Å². The first-order chi connectivity index (χ1) is 9.20. The lowest BCUT2D eigenvalue weighted by molar-refractivity contribution is -0.140. The Balaban J connectivity index is 1.91. The summed E-state index contributed by atoms with van der Waals surface area (Å²) in [6, 6.07) is 5.42. The van der Waals surface area contributed by atoms with Crippen molar-refractivity contribution < 1.29 is 14.6 Å². The molecule has 1 aliphatic carbocycles. The van der Waals surface area contributed by atoms with Crippen molar-refractivity contribution in [2.24, 2.45) is 0 Å². The summed E-state index contributed by atoms with van der Waals surface area (Å²) in [6.07, 6.45) is 4.35. The fourth-order valence-corrected chi connectivity index (χ4v) is 2.35. The van der Waals surface area contributed by atoms with Gasteiger partial charge in [0.1, 0.15) is 18.4 Å². The number of carboxylic acids is 1. The average Bonchev–Trinajstić information content (AvgIpc) is 2.85. The van der Waals surface area contributed by atoms with Crippen LogP contribution in [0.1, 0.15) is 30.9 Å². The Morgan fingerprint density at radius 3 is 2.95 bits per heavy atom. The van der Waals surface area contributed by atoms with Gasteiger partial charge in [-0.2, -0.15) is 0 Å². The molecule has 1 aromatic carbocycles. The zero-order valence-electron chi connectivity index (χ0n) is 11.3. The predicted molar refractivity (Wildman–Crippen MR) is 73.7 cm³/mol. The molecular weight excluding hydrogens is 242 g/mol. The van der Waals surface area contributed by atoms with Crippen molar-refractivity contribution in [3.8, 4) is 5.75 Å². The summed E-state index contributed by atoms with van der Waals surface area (Å²) in [7, 11) is 0. The van der Waals surface area contributed by atoms with Crippen molar-refractivity contribution in [3.63, 3.8) is 0 Å². The van der Waals surface area contributed by atoms with Crippen LogP contribution in [0.25, 0.3) is 0 Å². The highest BCUT2D eigenvalue weighted by molar-refractivity contribution is 5.73. The monoisotopic (exact) mass is 263 g/mol. The third-order valence-corrected chi connectivity index (χ3v) is 3.43. The molecule has 0 bridgehead atoms. The molecule has 0 aliphatic heterocycles. The van der Waals surface area contributed by atoms with E-state index >= 15 is 0 Å². The van der Waals surface area contributed by atoms with E-state index in [1.165, 1.54) is 17.5 Å². The maximum atomic E-state index is 11.1. The van der Waals surface area contributed by atoms with E-state index in [9.17, 15) is 4.79 Å². The van der Waals surface area contributed by atoms with Crippen molar-refractivity contribution in [2.75, 3.05) is 13.2 Å². The fraction of sp³-hybridized carbons (Fsp3) is 0.533. The first-order valence-electron chi connectivity index (χ1n) is 6.91. The molecule has 4 nitrogen and oxygen atoms in total. The molecule has 0 saturated heterocycles. The van der Waals surface area contributed by atoms with E-state index in [2.05, 4.69) is 11.4 Å². The first-order valence-corrected chi connectivity index (χ1v) is 6.91. The number of fused-ring (bicyclic) bond motifs is 1. The van der Waals surface area contributed by atoms with Crippen molar-refractivity contribution in [2.45, 2.75) is 38.6 Å². The van der Waals surface area contributed by atoms with Gasteiger partial charge in [0, 0.05) is 0 Å². The molecule has 0 heterocycles. The molecule has 0 saturated carbocycles. The lowest BCUT2D eigenvalue weighted by atomic mass is 10.1. The lowest BCUT2D eigenvalue weighted by Gasteiger charge is -2.15. The molecule has 0 amide bonds. The van der Waals surface area contributed by atoms with Gasteiger partial charge in [-0.25, -0.2) is 0 Å². The van der Waals surface area contributed by atoms with E-state index in [-0.39, 0.29) is 6.61 Å². The molecule has 1 aliphatic rings. The van der Waals surface area contributed by atoms with E-state index in [1.54, 1.807) is 0 Å². The number of aliphatic carboxylic acids is 1. The summed E-state index contributed by atoms with van der Waals surface area (Å²) in [5.41, 5.74) is 2.73. The summed E-state index contributed by atoms with van der Waals surface area (Å²) in [5, 5.41) is 12.1. The van der Waals surface area contributed by atoms with Gasteiger partial charge < -0.3 is 15.2 Å². The number of benzene rings is 1. The highest BCUT2D eigenvalue weighted by Crippen LogP contribution is 2.26. The molecule has 0 aromatic heterocycles. The number of carboxylic acid groups (broad SMARTS) is 1. The molecule has 1 atom stereocenters. The second-order valence-corrected chi connectivity index (χ2v) is 4.94. The predicted octanol–water partition coefficient (Wildman–Crippen LogP) is 2.01. The second-order valence-electron chi connectivity index (χ2n) is 4.94. The molecule has 1 unspecified atom stereocenters. The quantitative estimate of drug-likeness (QED) is 0.790. The van der Waals surface area contributed by atoms with E-state index in [1.807, 2.05) is 19.1 Å². The number of hydrogen-bond acceptors (Lipinski definition) is 3. The van der Waals surface area contributed by atoms with Gasteiger partial charge in [-0.3, -0.25) is 4.79 Å². The zero-order chi connectivity index (χ0) is 13.7. The van der Waals surface area contributed by atoms with Crippen LogP contribution in [0.4, 0.5) is 0 Å². The Labute approximate surface area is 113 Å². The number of rotatable bonds is 7. The maximum Gasteiger partial charge on any atom is 0.324 e. The minimum atomic E-state index is -0.866. The standard InChI is InChI=1S/C15H21NO3/c1-2-8-16-14(15(17)18)10-19-13-7-6-11-4-3-5-12(11)9-13/h6-7,9,14,16H,2-5,8,10H2,1H3,(H,17,18). The molecule has 4 heteroatoms. The minimum absolute atomic E-state index is 0.161. The van der Waals surface area contributed by atoms with Crippen molar-refractivity contribution >= 4 is 5.97 Å². The third-order valence-electron chi connectivity index (χ3n) is 3.43. The normalized spacial score (nSPS) is 15.0. The van der Waals surface area contributed by atoms with Crippen LogP contribution in [0.2, 0.25) is 0 Å². The van der Waals surface area contributed by atoms with Crippen LogP contribution in [0.3, 0.4) is 0 Å². The lowest BCUT2D eigenvalue weighted by Crippen LogP contribution is -2.41. The highest BCUT2D eigenvalue weighted by atomic mass is 16.5. The number of hydrogen-bond donors (Lipinski definition) is 2. The Morgan fingerprint density at radius 2 is 2.21 bits per heavy atom. The van der Waals surface area contributed by atoms with Gasteiger partial charge in [0.2, 0.25) is 0 Å². The first kappa shape index (κ1) is 13.9. The summed E-state index contributed by atoms with van der Waals surface area (Å²) in [5.74, 6) is -0.0974. The Hall–Kier alpha value is -1.55. The second kappa shape index (κ2) is 6.57. The van der Waals surface area contributed by atoms with E-state index in [0.717, 1.165) is 25.0 Å². The number of ether oxygens (including phenoxy) is 1. The summed E-state index contributed by atoms with van der Waals surface area (Å²) in [4.78, 5) is 11.1. The van der Waals surface area contributed by atoms with Crippen LogP contribution < -0.4 is 10.1 Å². The molecule has 2 rings (SSSR count). The van der Waals surface area contributed by atoms with Gasteiger partial charge in [0.05, 0.1) is 0 Å². The molecule has 104 valence electrons. The van der Waals surface area contributed by atoms with Gasteiger partial charge in [-0.05, 0) is 55.5 Å².